The van der Waals surface area contributed by atoms with E-state index in [0.717, 1.165) is 13.0 Å². The highest BCUT2D eigenvalue weighted by atomic mass is 15.2. The lowest BCUT2D eigenvalue weighted by Crippen LogP contribution is -2.54. The summed E-state index contributed by atoms with van der Waals surface area (Å²) in [5.74, 6) is 0. The van der Waals surface area contributed by atoms with Crippen LogP contribution in [0.3, 0.4) is 0 Å². The van der Waals surface area contributed by atoms with Gasteiger partial charge in [0, 0.05) is 23.8 Å². The Hall–Kier alpha value is -1.02. The van der Waals surface area contributed by atoms with Gasteiger partial charge in [-0.05, 0) is 45.2 Å². The number of nitrogens with zero attached hydrogens (tertiary/aromatic N) is 1. The van der Waals surface area contributed by atoms with Gasteiger partial charge in [0.05, 0.1) is 0 Å². The molecule has 2 N–H and O–H groups in total. The SMILES string of the molecule is Cc1ccccc1N1CC(N)CCC1(C)C. The molecule has 0 radical (unpaired) electrons. The van der Waals surface area contributed by atoms with Crippen LogP contribution in [0.1, 0.15) is 32.3 Å². The van der Waals surface area contributed by atoms with Crippen molar-refractivity contribution >= 4 is 5.69 Å². The van der Waals surface area contributed by atoms with Crippen LogP contribution in [0.5, 0.6) is 0 Å². The molecule has 0 saturated carbocycles. The Bertz CT molecular complexity index is 371. The molecule has 1 saturated heterocycles. The van der Waals surface area contributed by atoms with Crippen molar-refractivity contribution in [1.29, 1.82) is 0 Å². The second-order valence-corrected chi connectivity index (χ2v) is 5.51. The lowest BCUT2D eigenvalue weighted by atomic mass is 9.87. The molecule has 1 fully saturated rings. The zero-order valence-corrected chi connectivity index (χ0v) is 10.5. The zero-order chi connectivity index (χ0) is 11.8. The van der Waals surface area contributed by atoms with E-state index < -0.39 is 0 Å². The first-order valence-electron chi connectivity index (χ1n) is 6.09. The predicted molar refractivity (Wildman–Crippen MR) is 69.8 cm³/mol. The molecule has 0 bridgehead atoms. The fraction of sp³-hybridized carbons (Fsp3) is 0.571. The molecular weight excluding hydrogens is 196 g/mol. The minimum absolute atomic E-state index is 0.224. The van der Waals surface area contributed by atoms with Crippen LogP contribution >= 0.6 is 0 Å². The summed E-state index contributed by atoms with van der Waals surface area (Å²) in [5, 5.41) is 0. The Balaban J connectivity index is 2.34. The molecule has 2 rings (SSSR count). The maximum absolute atomic E-state index is 6.09. The quantitative estimate of drug-likeness (QED) is 0.785. The Kier molecular flexibility index (Phi) is 2.94. The van der Waals surface area contributed by atoms with Crippen molar-refractivity contribution in [3.8, 4) is 0 Å². The first-order chi connectivity index (χ1) is 7.50. The summed E-state index contributed by atoms with van der Waals surface area (Å²) in [6.07, 6.45) is 2.30. The van der Waals surface area contributed by atoms with Crippen molar-refractivity contribution in [3.05, 3.63) is 29.8 Å². The van der Waals surface area contributed by atoms with Gasteiger partial charge in [0.2, 0.25) is 0 Å². The first kappa shape index (κ1) is 11.5. The second-order valence-electron chi connectivity index (χ2n) is 5.51. The van der Waals surface area contributed by atoms with Crippen LogP contribution in [0.25, 0.3) is 0 Å². The van der Waals surface area contributed by atoms with Crippen molar-refractivity contribution in [1.82, 2.24) is 0 Å². The van der Waals surface area contributed by atoms with E-state index in [1.165, 1.54) is 17.7 Å². The van der Waals surface area contributed by atoms with Crippen LogP contribution in [0.2, 0.25) is 0 Å². The molecule has 0 spiro atoms. The molecule has 1 heterocycles. The molecule has 16 heavy (non-hydrogen) atoms. The van der Waals surface area contributed by atoms with Crippen LogP contribution < -0.4 is 10.6 Å². The van der Waals surface area contributed by atoms with Gasteiger partial charge in [0.25, 0.3) is 0 Å². The second kappa shape index (κ2) is 4.10. The Morgan fingerprint density at radius 1 is 1.31 bits per heavy atom. The topological polar surface area (TPSA) is 29.3 Å². The van der Waals surface area contributed by atoms with Crippen LogP contribution in [-0.4, -0.2) is 18.1 Å². The molecule has 1 aliphatic rings. The molecule has 88 valence electrons. The van der Waals surface area contributed by atoms with Crippen LogP contribution in [0, 0.1) is 6.92 Å². The molecule has 2 nitrogen and oxygen atoms in total. The van der Waals surface area contributed by atoms with Gasteiger partial charge < -0.3 is 10.6 Å². The number of para-hydroxylation sites is 1. The van der Waals surface area contributed by atoms with Gasteiger partial charge in [0.1, 0.15) is 0 Å². The summed E-state index contributed by atoms with van der Waals surface area (Å²) in [4.78, 5) is 2.47. The standard InChI is InChI=1S/C14H22N2/c1-11-6-4-5-7-13(11)16-10-12(15)8-9-14(16,2)3/h4-7,12H,8-10,15H2,1-3H3. The molecule has 1 aliphatic heterocycles. The maximum Gasteiger partial charge on any atom is 0.0400 e. The summed E-state index contributed by atoms with van der Waals surface area (Å²) >= 11 is 0. The first-order valence-corrected chi connectivity index (χ1v) is 6.09. The Labute approximate surface area is 98.4 Å². The summed E-state index contributed by atoms with van der Waals surface area (Å²) in [7, 11) is 0. The van der Waals surface area contributed by atoms with Crippen molar-refractivity contribution in [2.24, 2.45) is 5.73 Å². The third-order valence-electron chi connectivity index (χ3n) is 3.68. The Morgan fingerprint density at radius 2 is 2.00 bits per heavy atom. The number of hydrogen-bond donors (Lipinski definition) is 1. The van der Waals surface area contributed by atoms with Gasteiger partial charge in [-0.3, -0.25) is 0 Å². The molecule has 0 amide bonds. The van der Waals surface area contributed by atoms with Gasteiger partial charge in [-0.2, -0.15) is 0 Å². The molecule has 0 aliphatic carbocycles. The van der Waals surface area contributed by atoms with Gasteiger partial charge in [-0.1, -0.05) is 18.2 Å². The van der Waals surface area contributed by atoms with Crippen LogP contribution in [0.15, 0.2) is 24.3 Å². The molecule has 1 unspecified atom stereocenters. The number of hydrogen-bond acceptors (Lipinski definition) is 2. The van der Waals surface area contributed by atoms with Gasteiger partial charge in [-0.15, -0.1) is 0 Å². The summed E-state index contributed by atoms with van der Waals surface area (Å²) < 4.78 is 0. The summed E-state index contributed by atoms with van der Waals surface area (Å²) in [6, 6.07) is 8.89. The van der Waals surface area contributed by atoms with E-state index in [1.807, 2.05) is 0 Å². The highest BCUT2D eigenvalue weighted by molar-refractivity contribution is 5.55. The van der Waals surface area contributed by atoms with Crippen LogP contribution in [-0.2, 0) is 0 Å². The van der Waals surface area contributed by atoms with E-state index in [0.29, 0.717) is 6.04 Å². The van der Waals surface area contributed by atoms with Gasteiger partial charge in [0.15, 0.2) is 0 Å². The average molecular weight is 218 g/mol. The fourth-order valence-corrected chi connectivity index (χ4v) is 2.54. The highest BCUT2D eigenvalue weighted by Gasteiger charge is 2.33. The van der Waals surface area contributed by atoms with Crippen molar-refractivity contribution in [2.75, 3.05) is 11.4 Å². The van der Waals surface area contributed by atoms with Crippen LogP contribution in [0.4, 0.5) is 5.69 Å². The minimum Gasteiger partial charge on any atom is -0.365 e. The molecule has 1 aromatic rings. The molecular formula is C14H22N2. The number of anilines is 1. The van der Waals surface area contributed by atoms with E-state index in [2.05, 4.69) is 49.9 Å². The average Bonchev–Trinajstić information content (AvgIpc) is 2.23. The van der Waals surface area contributed by atoms with E-state index in [1.54, 1.807) is 0 Å². The highest BCUT2D eigenvalue weighted by Crippen LogP contribution is 2.33. The fourth-order valence-electron chi connectivity index (χ4n) is 2.54. The third kappa shape index (κ3) is 2.07. The maximum atomic E-state index is 6.09. The zero-order valence-electron chi connectivity index (χ0n) is 10.5. The van der Waals surface area contributed by atoms with Crippen molar-refractivity contribution < 1.29 is 0 Å². The number of piperidine rings is 1. The molecule has 1 aromatic carbocycles. The van der Waals surface area contributed by atoms with E-state index in [9.17, 15) is 0 Å². The van der Waals surface area contributed by atoms with Crippen molar-refractivity contribution in [3.63, 3.8) is 0 Å². The molecule has 1 atom stereocenters. The predicted octanol–water partition coefficient (Wildman–Crippen LogP) is 2.70. The third-order valence-corrected chi connectivity index (χ3v) is 3.68. The monoisotopic (exact) mass is 218 g/mol. The van der Waals surface area contributed by atoms with E-state index in [4.69, 9.17) is 5.73 Å². The number of benzene rings is 1. The lowest BCUT2D eigenvalue weighted by molar-refractivity contribution is 0.334. The lowest BCUT2D eigenvalue weighted by Gasteiger charge is -2.47. The van der Waals surface area contributed by atoms with E-state index >= 15 is 0 Å². The summed E-state index contributed by atoms with van der Waals surface area (Å²) in [6.45, 7) is 7.76. The summed E-state index contributed by atoms with van der Waals surface area (Å²) in [5.41, 5.74) is 8.99. The minimum atomic E-state index is 0.224. The number of aryl methyl sites for hydroxylation is 1. The van der Waals surface area contributed by atoms with Gasteiger partial charge >= 0.3 is 0 Å². The Morgan fingerprint density at radius 3 is 2.69 bits per heavy atom. The van der Waals surface area contributed by atoms with E-state index in [-0.39, 0.29) is 5.54 Å². The number of nitrogens with two attached hydrogens (primary N) is 1. The molecule has 0 aromatic heterocycles. The normalized spacial score (nSPS) is 24.5. The number of rotatable bonds is 1. The smallest absolute Gasteiger partial charge is 0.0400 e. The van der Waals surface area contributed by atoms with Gasteiger partial charge in [-0.25, -0.2) is 0 Å². The molecule has 2 heteroatoms. The largest absolute Gasteiger partial charge is 0.365 e. The van der Waals surface area contributed by atoms with Crippen molar-refractivity contribution in [2.45, 2.75) is 45.2 Å².